The first-order chi connectivity index (χ1) is 16.8. The molecule has 1 N–H and O–H groups in total. The first-order valence-corrected chi connectivity index (χ1v) is 11.9. The molecule has 1 atom stereocenters. The number of anilines is 2. The molecule has 174 valence electrons. The van der Waals surface area contributed by atoms with E-state index in [1.165, 1.54) is 5.56 Å². The van der Waals surface area contributed by atoms with E-state index in [4.69, 9.17) is 10.1 Å². The van der Waals surface area contributed by atoms with E-state index in [1.54, 1.807) is 0 Å². The van der Waals surface area contributed by atoms with Gasteiger partial charge in [0.15, 0.2) is 5.82 Å². The SMILES string of the molecule is Cc1nn(-c2ccccc2)c2c1C(c1ccc(C(C)(C)C)cc1)N1C(=N2)C(=O)Nc2ccccc21. The van der Waals surface area contributed by atoms with Crippen molar-refractivity contribution in [3.05, 3.63) is 101 Å². The highest BCUT2D eigenvalue weighted by Gasteiger charge is 2.42. The summed E-state index contributed by atoms with van der Waals surface area (Å²) in [4.78, 5) is 20.3. The number of benzene rings is 3. The van der Waals surface area contributed by atoms with Crippen LogP contribution in [0.5, 0.6) is 0 Å². The van der Waals surface area contributed by atoms with Gasteiger partial charge in [-0.15, -0.1) is 0 Å². The molecule has 35 heavy (non-hydrogen) atoms. The average Bonchev–Trinajstić information content (AvgIpc) is 3.19. The van der Waals surface area contributed by atoms with Crippen molar-refractivity contribution in [1.29, 1.82) is 0 Å². The summed E-state index contributed by atoms with van der Waals surface area (Å²) in [5.41, 5.74) is 6.91. The maximum atomic E-state index is 13.3. The maximum Gasteiger partial charge on any atom is 0.291 e. The largest absolute Gasteiger partial charge is 0.317 e. The molecule has 2 aliphatic heterocycles. The fourth-order valence-electron chi connectivity index (χ4n) is 4.97. The zero-order valence-corrected chi connectivity index (χ0v) is 20.3. The van der Waals surface area contributed by atoms with E-state index in [0.29, 0.717) is 11.7 Å². The molecule has 1 aromatic heterocycles. The molecule has 0 radical (unpaired) electrons. The van der Waals surface area contributed by atoms with Gasteiger partial charge in [0.05, 0.1) is 28.8 Å². The molecule has 3 heterocycles. The minimum Gasteiger partial charge on any atom is -0.317 e. The summed E-state index contributed by atoms with van der Waals surface area (Å²) in [6.45, 7) is 8.66. The number of fused-ring (bicyclic) bond motifs is 4. The predicted octanol–water partition coefficient (Wildman–Crippen LogP) is 6.07. The van der Waals surface area contributed by atoms with Crippen LogP contribution in [0.1, 0.15) is 49.2 Å². The predicted molar refractivity (Wildman–Crippen MR) is 140 cm³/mol. The van der Waals surface area contributed by atoms with Crippen LogP contribution in [0, 0.1) is 6.92 Å². The Bertz CT molecular complexity index is 1480. The second-order valence-electron chi connectivity index (χ2n) is 10.1. The second kappa shape index (κ2) is 7.67. The number of nitrogens with zero attached hydrogens (tertiary/aromatic N) is 4. The molecule has 6 nitrogen and oxygen atoms in total. The van der Waals surface area contributed by atoms with Crippen LogP contribution in [0.15, 0.2) is 83.9 Å². The molecule has 6 heteroatoms. The summed E-state index contributed by atoms with van der Waals surface area (Å²) in [5, 5.41) is 7.90. The van der Waals surface area contributed by atoms with Gasteiger partial charge < -0.3 is 10.2 Å². The van der Waals surface area contributed by atoms with E-state index < -0.39 is 0 Å². The number of nitrogens with one attached hydrogen (secondary N) is 1. The zero-order chi connectivity index (χ0) is 24.3. The van der Waals surface area contributed by atoms with Crippen LogP contribution in [-0.2, 0) is 10.2 Å². The molecule has 0 bridgehead atoms. The number of aryl methyl sites for hydroxylation is 1. The number of aliphatic imine (C=N–C) groups is 1. The number of aromatic nitrogens is 2. The molecule has 2 aliphatic rings. The van der Waals surface area contributed by atoms with Gasteiger partial charge in [0.1, 0.15) is 0 Å². The molecular formula is C29H27N5O. The van der Waals surface area contributed by atoms with Crippen LogP contribution in [0.3, 0.4) is 0 Å². The molecule has 1 unspecified atom stereocenters. The Hall–Kier alpha value is -4.19. The van der Waals surface area contributed by atoms with Gasteiger partial charge in [-0.1, -0.05) is 75.4 Å². The summed E-state index contributed by atoms with van der Waals surface area (Å²) in [6, 6.07) is 26.3. The third-order valence-corrected chi connectivity index (χ3v) is 6.76. The lowest BCUT2D eigenvalue weighted by molar-refractivity contribution is -0.110. The van der Waals surface area contributed by atoms with E-state index in [2.05, 4.69) is 55.3 Å². The minimum atomic E-state index is -0.240. The number of hydrogen-bond donors (Lipinski definition) is 1. The molecule has 6 rings (SSSR count). The number of carbonyl (C=O) groups excluding carboxylic acids is 1. The van der Waals surface area contributed by atoms with Crippen molar-refractivity contribution in [3.8, 4) is 5.69 Å². The standard InChI is InChI=1S/C29H27N5O/c1-18-24-25(19-14-16-20(17-15-19)29(2,3)4)33-23-13-9-8-12-22(23)30-28(35)27(33)31-26(24)34(32-18)21-10-6-5-7-11-21/h5-17,25H,1-4H3,(H,30,35). The Kier molecular flexibility index (Phi) is 4.68. The van der Waals surface area contributed by atoms with Gasteiger partial charge >= 0.3 is 0 Å². The second-order valence-corrected chi connectivity index (χ2v) is 10.1. The highest BCUT2D eigenvalue weighted by Crippen LogP contribution is 2.47. The summed E-state index contributed by atoms with van der Waals surface area (Å²) in [7, 11) is 0. The number of para-hydroxylation sites is 3. The van der Waals surface area contributed by atoms with Gasteiger partial charge in [-0.3, -0.25) is 4.79 Å². The Labute approximate surface area is 204 Å². The number of carbonyl (C=O) groups is 1. The lowest BCUT2D eigenvalue weighted by atomic mass is 9.85. The molecule has 0 saturated heterocycles. The quantitative estimate of drug-likeness (QED) is 0.394. The van der Waals surface area contributed by atoms with Gasteiger partial charge in [0.2, 0.25) is 5.84 Å². The number of hydrogen-bond acceptors (Lipinski definition) is 4. The molecule has 0 fully saturated rings. The van der Waals surface area contributed by atoms with Crippen molar-refractivity contribution >= 4 is 28.9 Å². The van der Waals surface area contributed by atoms with E-state index in [-0.39, 0.29) is 17.4 Å². The van der Waals surface area contributed by atoms with Crippen molar-refractivity contribution in [3.63, 3.8) is 0 Å². The van der Waals surface area contributed by atoms with Crippen molar-refractivity contribution in [2.24, 2.45) is 4.99 Å². The van der Waals surface area contributed by atoms with Gasteiger partial charge in [0, 0.05) is 5.56 Å². The van der Waals surface area contributed by atoms with Crippen LogP contribution in [0.25, 0.3) is 5.69 Å². The lowest BCUT2D eigenvalue weighted by Gasteiger charge is -2.40. The fourth-order valence-corrected chi connectivity index (χ4v) is 4.97. The molecule has 1 amide bonds. The normalized spacial score (nSPS) is 16.7. The van der Waals surface area contributed by atoms with E-state index in [0.717, 1.165) is 33.9 Å². The number of rotatable bonds is 2. The number of amidine groups is 1. The highest BCUT2D eigenvalue weighted by atomic mass is 16.2. The van der Waals surface area contributed by atoms with Crippen LogP contribution in [0.2, 0.25) is 0 Å². The van der Waals surface area contributed by atoms with Crippen LogP contribution in [-0.4, -0.2) is 21.5 Å². The summed E-state index contributed by atoms with van der Waals surface area (Å²) in [6.07, 6.45) is 0. The van der Waals surface area contributed by atoms with Gasteiger partial charge in [0.25, 0.3) is 5.91 Å². The smallest absolute Gasteiger partial charge is 0.291 e. The first-order valence-electron chi connectivity index (χ1n) is 11.9. The van der Waals surface area contributed by atoms with Gasteiger partial charge in [-0.25, -0.2) is 9.67 Å². The monoisotopic (exact) mass is 461 g/mol. The first kappa shape index (κ1) is 21.4. The molecule has 3 aromatic carbocycles. The van der Waals surface area contributed by atoms with Crippen molar-refractivity contribution in [1.82, 2.24) is 9.78 Å². The minimum absolute atomic E-state index is 0.0502. The Balaban J connectivity index is 1.62. The van der Waals surface area contributed by atoms with Gasteiger partial charge in [-0.05, 0) is 47.7 Å². The zero-order valence-electron chi connectivity index (χ0n) is 20.3. The summed E-state index contributed by atoms with van der Waals surface area (Å²) in [5.74, 6) is 0.849. The van der Waals surface area contributed by atoms with E-state index in [1.807, 2.05) is 66.2 Å². The molecule has 0 spiro atoms. The summed E-state index contributed by atoms with van der Waals surface area (Å²) < 4.78 is 1.85. The lowest BCUT2D eigenvalue weighted by Crippen LogP contribution is -2.48. The Morgan fingerprint density at radius 3 is 2.29 bits per heavy atom. The van der Waals surface area contributed by atoms with E-state index in [9.17, 15) is 4.79 Å². The number of amides is 1. The Morgan fingerprint density at radius 1 is 0.886 bits per heavy atom. The maximum absolute atomic E-state index is 13.3. The molecule has 4 aromatic rings. The molecule has 0 saturated carbocycles. The summed E-state index contributed by atoms with van der Waals surface area (Å²) >= 11 is 0. The van der Waals surface area contributed by atoms with Crippen molar-refractivity contribution in [2.75, 3.05) is 10.2 Å². The topological polar surface area (TPSA) is 62.5 Å². The van der Waals surface area contributed by atoms with Crippen LogP contribution < -0.4 is 10.2 Å². The third kappa shape index (κ3) is 3.36. The third-order valence-electron chi connectivity index (χ3n) is 6.76. The molecular weight excluding hydrogens is 434 g/mol. The average molecular weight is 462 g/mol. The fraction of sp³-hybridized carbons (Fsp3) is 0.207. The highest BCUT2D eigenvalue weighted by molar-refractivity contribution is 6.50. The molecule has 0 aliphatic carbocycles. The van der Waals surface area contributed by atoms with Crippen LogP contribution in [0.4, 0.5) is 17.2 Å². The van der Waals surface area contributed by atoms with E-state index >= 15 is 0 Å². The Morgan fingerprint density at radius 2 is 1.57 bits per heavy atom. The van der Waals surface area contributed by atoms with Gasteiger partial charge in [-0.2, -0.15) is 5.10 Å². The van der Waals surface area contributed by atoms with Crippen molar-refractivity contribution < 1.29 is 4.79 Å². The van der Waals surface area contributed by atoms with Crippen molar-refractivity contribution in [2.45, 2.75) is 39.2 Å². The van der Waals surface area contributed by atoms with Crippen LogP contribution >= 0.6 is 0 Å².